The molecule has 302 valence electrons. The standard InChI is InChI=1S/C25H19NO5.C24H17NO5/c1-30-25(29)22-4-2-3-5-23(22)26-24(28)16-7-11-20(12-8-16)31-21-13-9-17-14-19(27)10-6-18(17)15-21;26-18-9-5-17-14-20(12-8-16(17)13-18)30-19-10-6-15(7-11-19)23(27)25-22-4-2-1-3-21(22)24(28)29/h2-15,27H,1H3,(H,26,28);1-14,26H,(H,25,27)(H,28,29). The van der Waals surface area contributed by atoms with Crippen LogP contribution in [-0.2, 0) is 4.74 Å². The van der Waals surface area contributed by atoms with Gasteiger partial charge in [-0.2, -0.15) is 0 Å². The van der Waals surface area contributed by atoms with Crippen molar-refractivity contribution in [3.63, 3.8) is 0 Å². The Bertz CT molecular complexity index is 2910. The van der Waals surface area contributed by atoms with Crippen molar-refractivity contribution in [2.45, 2.75) is 0 Å². The second-order valence-corrected chi connectivity index (χ2v) is 13.4. The number of carbonyl (C=O) groups excluding carboxylic acids is 3. The molecule has 0 radical (unpaired) electrons. The fraction of sp³-hybridized carbons (Fsp3) is 0.0204. The number of phenolic OH excluding ortho intramolecular Hbond substituents is 2. The van der Waals surface area contributed by atoms with Crippen molar-refractivity contribution in [2.75, 3.05) is 17.7 Å². The summed E-state index contributed by atoms with van der Waals surface area (Å²) in [5.41, 5.74) is 1.70. The van der Waals surface area contributed by atoms with Gasteiger partial charge in [-0.1, -0.05) is 48.5 Å². The molecular weight excluding hydrogens is 777 g/mol. The number of aromatic carboxylic acids is 1. The Balaban J connectivity index is 0.000000184. The Hall–Kier alpha value is -8.64. The lowest BCUT2D eigenvalue weighted by atomic mass is 10.1. The van der Waals surface area contributed by atoms with E-state index in [0.29, 0.717) is 39.8 Å². The molecule has 0 heterocycles. The average Bonchev–Trinajstić information content (AvgIpc) is 3.27. The summed E-state index contributed by atoms with van der Waals surface area (Å²) in [6, 6.07) is 47.4. The van der Waals surface area contributed by atoms with Crippen LogP contribution < -0.4 is 20.1 Å². The van der Waals surface area contributed by atoms with Gasteiger partial charge in [-0.15, -0.1) is 0 Å². The van der Waals surface area contributed by atoms with Crippen LogP contribution in [0.15, 0.2) is 170 Å². The van der Waals surface area contributed by atoms with Crippen LogP contribution in [0.4, 0.5) is 11.4 Å². The summed E-state index contributed by atoms with van der Waals surface area (Å²) in [7, 11) is 1.29. The van der Waals surface area contributed by atoms with Gasteiger partial charge in [-0.25, -0.2) is 9.59 Å². The zero-order valence-electron chi connectivity index (χ0n) is 32.4. The number of aromatic hydroxyl groups is 2. The molecule has 12 heteroatoms. The normalized spacial score (nSPS) is 10.5. The predicted molar refractivity (Wildman–Crippen MR) is 231 cm³/mol. The Labute approximate surface area is 348 Å². The van der Waals surface area contributed by atoms with E-state index in [-0.39, 0.29) is 34.2 Å². The molecule has 2 amide bonds. The number of benzene rings is 8. The van der Waals surface area contributed by atoms with Gasteiger partial charge in [-0.05, 0) is 143 Å². The number of esters is 1. The lowest BCUT2D eigenvalue weighted by molar-refractivity contribution is 0.0600. The van der Waals surface area contributed by atoms with Crippen molar-refractivity contribution in [3.8, 4) is 34.5 Å². The third kappa shape index (κ3) is 10.1. The van der Waals surface area contributed by atoms with Gasteiger partial charge in [0.25, 0.3) is 11.8 Å². The first-order valence-electron chi connectivity index (χ1n) is 18.7. The van der Waals surface area contributed by atoms with Gasteiger partial charge in [0, 0.05) is 11.1 Å². The third-order valence-electron chi connectivity index (χ3n) is 9.28. The molecular formula is C49H36N2O10. The van der Waals surface area contributed by atoms with Crippen molar-refractivity contribution in [1.82, 2.24) is 0 Å². The summed E-state index contributed by atoms with van der Waals surface area (Å²) in [5.74, 6) is 0.406. The highest BCUT2D eigenvalue weighted by molar-refractivity contribution is 6.09. The van der Waals surface area contributed by atoms with Crippen LogP contribution in [0.25, 0.3) is 21.5 Å². The first-order chi connectivity index (χ1) is 29.5. The molecule has 0 spiro atoms. The van der Waals surface area contributed by atoms with Crippen molar-refractivity contribution < 1.29 is 48.7 Å². The molecule has 12 nitrogen and oxygen atoms in total. The van der Waals surface area contributed by atoms with Crippen molar-refractivity contribution in [1.29, 1.82) is 0 Å². The lowest BCUT2D eigenvalue weighted by Gasteiger charge is -2.10. The van der Waals surface area contributed by atoms with E-state index in [9.17, 15) is 34.5 Å². The minimum atomic E-state index is -1.11. The monoisotopic (exact) mass is 812 g/mol. The molecule has 0 saturated heterocycles. The predicted octanol–water partition coefficient (Wildman–Crippen LogP) is 10.7. The Morgan fingerprint density at radius 2 is 0.820 bits per heavy atom. The molecule has 0 unspecified atom stereocenters. The number of nitrogens with one attached hydrogen (secondary N) is 2. The van der Waals surface area contributed by atoms with E-state index in [1.54, 1.807) is 121 Å². The van der Waals surface area contributed by atoms with E-state index < -0.39 is 17.8 Å². The number of carboxylic acids is 1. The third-order valence-corrected chi connectivity index (χ3v) is 9.28. The molecule has 8 rings (SSSR count). The summed E-state index contributed by atoms with van der Waals surface area (Å²) >= 11 is 0. The number of hydrogen-bond donors (Lipinski definition) is 5. The Kier molecular flexibility index (Phi) is 12.2. The minimum Gasteiger partial charge on any atom is -0.508 e. The Morgan fingerprint density at radius 1 is 0.443 bits per heavy atom. The second-order valence-electron chi connectivity index (χ2n) is 13.4. The minimum absolute atomic E-state index is 0.0235. The summed E-state index contributed by atoms with van der Waals surface area (Å²) in [5, 5.41) is 37.4. The van der Waals surface area contributed by atoms with Crippen LogP contribution >= 0.6 is 0 Å². The molecule has 0 fully saturated rings. The number of phenols is 2. The van der Waals surface area contributed by atoms with E-state index in [1.807, 2.05) is 36.4 Å². The summed E-state index contributed by atoms with van der Waals surface area (Å²) in [6.07, 6.45) is 0. The molecule has 0 atom stereocenters. The Morgan fingerprint density at radius 3 is 1.26 bits per heavy atom. The second kappa shape index (κ2) is 18.3. The zero-order chi connectivity index (χ0) is 42.9. The number of para-hydroxylation sites is 2. The van der Waals surface area contributed by atoms with Gasteiger partial charge in [0.2, 0.25) is 0 Å². The van der Waals surface area contributed by atoms with Crippen molar-refractivity contribution in [2.24, 2.45) is 0 Å². The van der Waals surface area contributed by atoms with Gasteiger partial charge in [-0.3, -0.25) is 9.59 Å². The number of fused-ring (bicyclic) bond motifs is 2. The number of rotatable bonds is 10. The fourth-order valence-electron chi connectivity index (χ4n) is 6.22. The smallest absolute Gasteiger partial charge is 0.339 e. The van der Waals surface area contributed by atoms with Crippen LogP contribution in [0.1, 0.15) is 41.4 Å². The van der Waals surface area contributed by atoms with E-state index in [2.05, 4.69) is 10.6 Å². The summed E-state index contributed by atoms with van der Waals surface area (Å²) < 4.78 is 16.5. The number of methoxy groups -OCH3 is 1. The number of hydrogen-bond acceptors (Lipinski definition) is 9. The maximum absolute atomic E-state index is 12.6. The molecule has 0 aliphatic heterocycles. The van der Waals surface area contributed by atoms with Gasteiger partial charge >= 0.3 is 11.9 Å². The van der Waals surface area contributed by atoms with Gasteiger partial charge in [0.15, 0.2) is 0 Å². The highest BCUT2D eigenvalue weighted by Crippen LogP contribution is 2.30. The van der Waals surface area contributed by atoms with Crippen LogP contribution in [0.3, 0.4) is 0 Å². The number of amides is 2. The van der Waals surface area contributed by atoms with E-state index in [0.717, 1.165) is 21.5 Å². The molecule has 5 N–H and O–H groups in total. The fourth-order valence-corrected chi connectivity index (χ4v) is 6.22. The zero-order valence-corrected chi connectivity index (χ0v) is 32.4. The van der Waals surface area contributed by atoms with Gasteiger partial charge < -0.3 is 40.2 Å². The molecule has 0 saturated carbocycles. The first kappa shape index (κ1) is 40.6. The maximum Gasteiger partial charge on any atom is 0.339 e. The summed E-state index contributed by atoms with van der Waals surface area (Å²) in [6.45, 7) is 0. The van der Waals surface area contributed by atoms with Crippen LogP contribution in [-0.4, -0.2) is 46.2 Å². The highest BCUT2D eigenvalue weighted by Gasteiger charge is 2.16. The SMILES string of the molecule is COC(=O)c1ccccc1NC(=O)c1ccc(Oc2ccc3cc(O)ccc3c2)cc1.O=C(Nc1ccccc1C(=O)O)c1ccc(Oc2ccc3cc(O)ccc3c2)cc1. The van der Waals surface area contributed by atoms with Crippen LogP contribution in [0.5, 0.6) is 34.5 Å². The molecule has 0 aliphatic carbocycles. The maximum atomic E-state index is 12.6. The van der Waals surface area contributed by atoms with E-state index >= 15 is 0 Å². The highest BCUT2D eigenvalue weighted by atomic mass is 16.5. The van der Waals surface area contributed by atoms with Crippen molar-refractivity contribution in [3.05, 3.63) is 192 Å². The molecule has 8 aromatic rings. The summed E-state index contributed by atoms with van der Waals surface area (Å²) in [4.78, 5) is 48.2. The quantitative estimate of drug-likeness (QED) is 0.0834. The number of carboxylic acid groups (broad SMARTS) is 1. The average molecular weight is 813 g/mol. The topological polar surface area (TPSA) is 181 Å². The number of ether oxygens (including phenoxy) is 3. The molecule has 0 bridgehead atoms. The molecule has 0 aromatic heterocycles. The molecule has 8 aromatic carbocycles. The lowest BCUT2D eigenvalue weighted by Crippen LogP contribution is -2.15. The largest absolute Gasteiger partial charge is 0.508 e. The van der Waals surface area contributed by atoms with Crippen molar-refractivity contribution >= 4 is 56.7 Å². The number of anilines is 2. The van der Waals surface area contributed by atoms with Crippen LogP contribution in [0, 0.1) is 0 Å². The van der Waals surface area contributed by atoms with E-state index in [1.165, 1.54) is 19.2 Å². The van der Waals surface area contributed by atoms with Gasteiger partial charge in [0.05, 0.1) is 29.6 Å². The first-order valence-corrected chi connectivity index (χ1v) is 18.7. The van der Waals surface area contributed by atoms with Crippen LogP contribution in [0.2, 0.25) is 0 Å². The molecule has 61 heavy (non-hydrogen) atoms. The van der Waals surface area contributed by atoms with E-state index in [4.69, 9.17) is 14.2 Å². The number of carbonyl (C=O) groups is 4. The molecule has 0 aliphatic rings. The van der Waals surface area contributed by atoms with Gasteiger partial charge in [0.1, 0.15) is 34.5 Å².